The van der Waals surface area contributed by atoms with E-state index < -0.39 is 8.56 Å². The smallest absolute Gasteiger partial charge is 0.358 e. The van der Waals surface area contributed by atoms with Crippen molar-refractivity contribution in [3.8, 4) is 0 Å². The van der Waals surface area contributed by atoms with Crippen molar-refractivity contribution < 1.29 is 8.95 Å². The van der Waals surface area contributed by atoms with Crippen LogP contribution in [0.1, 0.15) is 46.0 Å². The quantitative estimate of drug-likeness (QED) is 0.556. The minimum atomic E-state index is -2.01. The molecule has 1 heterocycles. The molecule has 18 heavy (non-hydrogen) atoms. The fourth-order valence-corrected chi connectivity index (χ4v) is 6.05. The van der Waals surface area contributed by atoms with Gasteiger partial charge in [0.25, 0.3) is 0 Å². The van der Waals surface area contributed by atoms with Gasteiger partial charge in [0.1, 0.15) is 0 Å². The van der Waals surface area contributed by atoms with Crippen LogP contribution >= 0.6 is 12.6 Å². The molecule has 1 aliphatic rings. The lowest BCUT2D eigenvalue weighted by Gasteiger charge is -2.34. The van der Waals surface area contributed by atoms with Gasteiger partial charge < -0.3 is 8.95 Å². The van der Waals surface area contributed by atoms with Gasteiger partial charge in [-0.2, -0.15) is 12.6 Å². The van der Waals surface area contributed by atoms with E-state index in [0.29, 0.717) is 5.92 Å². The van der Waals surface area contributed by atoms with Crippen LogP contribution in [0.3, 0.4) is 0 Å². The highest BCUT2D eigenvalue weighted by molar-refractivity contribution is 7.80. The van der Waals surface area contributed by atoms with E-state index in [4.69, 9.17) is 8.95 Å². The molecule has 1 rings (SSSR count). The van der Waals surface area contributed by atoms with Gasteiger partial charge in [0.15, 0.2) is 0 Å². The number of unbranched alkanes of at least 4 members (excludes halogenated alkanes) is 1. The number of rotatable bonds is 7. The predicted molar refractivity (Wildman–Crippen MR) is 82.2 cm³/mol. The first-order valence-electron chi connectivity index (χ1n) is 7.42. The molecule has 2 atom stereocenters. The fraction of sp³-hybridized carbons (Fsp3) is 1.00. The van der Waals surface area contributed by atoms with Crippen LogP contribution in [0.2, 0.25) is 12.1 Å². The Balaban J connectivity index is 2.52. The van der Waals surface area contributed by atoms with Gasteiger partial charge in [0, 0.05) is 13.2 Å². The van der Waals surface area contributed by atoms with E-state index in [0.717, 1.165) is 43.8 Å². The monoisotopic (exact) mass is 291 g/mol. The molecule has 0 aromatic rings. The lowest BCUT2D eigenvalue weighted by Crippen LogP contribution is -2.49. The average Bonchev–Trinajstić information content (AvgIpc) is 2.37. The first kappa shape index (κ1) is 16.5. The van der Waals surface area contributed by atoms with Crippen molar-refractivity contribution >= 4 is 21.2 Å². The zero-order chi connectivity index (χ0) is 13.3. The lowest BCUT2D eigenvalue weighted by atomic mass is 10.0. The molecule has 0 aromatic heterocycles. The molecule has 2 unspecified atom stereocenters. The first-order valence-corrected chi connectivity index (χ1v) is 10.3. The van der Waals surface area contributed by atoms with Crippen LogP contribution in [-0.4, -0.2) is 27.5 Å². The number of hydroxylamine groups is 1. The summed E-state index contributed by atoms with van der Waals surface area (Å²) in [7, 11) is -2.01. The molecule has 3 nitrogen and oxygen atoms in total. The van der Waals surface area contributed by atoms with Crippen LogP contribution < -0.4 is 5.48 Å². The van der Waals surface area contributed by atoms with Gasteiger partial charge in [0.2, 0.25) is 0 Å². The van der Waals surface area contributed by atoms with Crippen LogP contribution in [0.4, 0.5) is 0 Å². The van der Waals surface area contributed by atoms with Crippen LogP contribution in [0.15, 0.2) is 0 Å². The Morgan fingerprint density at radius 1 is 1.28 bits per heavy atom. The largest absolute Gasteiger partial charge is 0.393 e. The van der Waals surface area contributed by atoms with Crippen LogP contribution in [0.5, 0.6) is 0 Å². The average molecular weight is 292 g/mol. The normalized spacial score (nSPS) is 29.8. The maximum absolute atomic E-state index is 6.23. The first-order chi connectivity index (χ1) is 8.76. The Bertz CT molecular complexity index is 199. The molecule has 1 fully saturated rings. The van der Waals surface area contributed by atoms with Gasteiger partial charge in [-0.1, -0.05) is 33.1 Å². The molecular formula is C13H29NO2SSi. The van der Waals surface area contributed by atoms with Gasteiger partial charge in [-0.25, -0.2) is 5.48 Å². The molecule has 0 bridgehead atoms. The summed E-state index contributed by atoms with van der Waals surface area (Å²) in [6.07, 6.45) is 5.87. The molecule has 1 aliphatic heterocycles. The van der Waals surface area contributed by atoms with E-state index >= 15 is 0 Å². The second-order valence-electron chi connectivity index (χ2n) is 5.20. The van der Waals surface area contributed by atoms with Gasteiger partial charge in [-0.05, 0) is 36.6 Å². The number of nitrogens with one attached hydrogen (secondary N) is 1. The molecule has 0 aliphatic carbocycles. The maximum atomic E-state index is 6.23. The highest BCUT2D eigenvalue weighted by atomic mass is 32.1. The standard InChI is InChI=1S/C13H29NO2SSi/c1-3-5-10-18(11-6-9-17)15-8-7-13(4-2)12-14-16-18/h13-14,17H,3-12H2,1-2H3. The summed E-state index contributed by atoms with van der Waals surface area (Å²) in [5.74, 6) is 1.61. The summed E-state index contributed by atoms with van der Waals surface area (Å²) in [4.78, 5) is 0. The molecule has 1 N–H and O–H groups in total. The van der Waals surface area contributed by atoms with Gasteiger partial charge >= 0.3 is 8.56 Å². The van der Waals surface area contributed by atoms with Crippen molar-refractivity contribution in [2.45, 2.75) is 58.0 Å². The van der Waals surface area contributed by atoms with Crippen molar-refractivity contribution in [2.24, 2.45) is 5.92 Å². The molecule has 5 heteroatoms. The summed E-state index contributed by atoms with van der Waals surface area (Å²) in [5, 5.41) is 0. The topological polar surface area (TPSA) is 30.5 Å². The maximum Gasteiger partial charge on any atom is 0.358 e. The van der Waals surface area contributed by atoms with E-state index in [2.05, 4.69) is 32.0 Å². The number of thiol groups is 1. The van der Waals surface area contributed by atoms with E-state index in [1.165, 1.54) is 19.3 Å². The van der Waals surface area contributed by atoms with Crippen molar-refractivity contribution in [3.05, 3.63) is 0 Å². The highest BCUT2D eigenvalue weighted by Gasteiger charge is 2.38. The highest BCUT2D eigenvalue weighted by Crippen LogP contribution is 2.26. The van der Waals surface area contributed by atoms with E-state index in [9.17, 15) is 0 Å². The van der Waals surface area contributed by atoms with Gasteiger partial charge in [0.05, 0.1) is 0 Å². The number of hydrogen-bond donors (Lipinski definition) is 2. The third kappa shape index (κ3) is 5.61. The summed E-state index contributed by atoms with van der Waals surface area (Å²) in [6, 6.07) is 2.18. The molecule has 0 radical (unpaired) electrons. The Hall–Kier alpha value is 0.447. The van der Waals surface area contributed by atoms with Crippen LogP contribution in [-0.2, 0) is 8.95 Å². The van der Waals surface area contributed by atoms with Gasteiger partial charge in [-0.3, -0.25) is 0 Å². The van der Waals surface area contributed by atoms with Crippen LogP contribution in [0.25, 0.3) is 0 Å². The van der Waals surface area contributed by atoms with Crippen molar-refractivity contribution in [2.75, 3.05) is 18.9 Å². The minimum Gasteiger partial charge on any atom is -0.393 e. The Kier molecular flexibility index (Phi) is 8.59. The van der Waals surface area contributed by atoms with Crippen molar-refractivity contribution in [1.82, 2.24) is 5.48 Å². The summed E-state index contributed by atoms with van der Waals surface area (Å²) in [6.45, 7) is 6.31. The SMILES string of the molecule is CCCC[Si]1(CCCS)OCCC(CC)CNO1. The minimum absolute atomic E-state index is 0.688. The molecular weight excluding hydrogens is 262 g/mol. The lowest BCUT2D eigenvalue weighted by molar-refractivity contribution is 0.0646. The van der Waals surface area contributed by atoms with Crippen molar-refractivity contribution in [3.63, 3.8) is 0 Å². The van der Waals surface area contributed by atoms with Crippen molar-refractivity contribution in [1.29, 1.82) is 0 Å². The molecule has 0 saturated carbocycles. The summed E-state index contributed by atoms with van der Waals surface area (Å²) in [5.41, 5.74) is 3.21. The third-order valence-electron chi connectivity index (χ3n) is 3.73. The summed E-state index contributed by atoms with van der Waals surface area (Å²) < 4.78 is 12.3. The Labute approximate surface area is 119 Å². The third-order valence-corrected chi connectivity index (χ3v) is 7.52. The Morgan fingerprint density at radius 3 is 2.72 bits per heavy atom. The number of hydrogen-bond acceptors (Lipinski definition) is 4. The second kappa shape index (κ2) is 9.37. The molecule has 1 saturated heterocycles. The van der Waals surface area contributed by atoms with E-state index in [1.807, 2.05) is 0 Å². The zero-order valence-electron chi connectivity index (χ0n) is 11.9. The fourth-order valence-electron chi connectivity index (χ4n) is 2.35. The Morgan fingerprint density at radius 2 is 2.06 bits per heavy atom. The molecule has 0 spiro atoms. The predicted octanol–water partition coefficient (Wildman–Crippen LogP) is 3.52. The summed E-state index contributed by atoms with van der Waals surface area (Å²) >= 11 is 4.32. The van der Waals surface area contributed by atoms with E-state index in [-0.39, 0.29) is 0 Å². The molecule has 108 valence electrons. The molecule has 0 amide bonds. The van der Waals surface area contributed by atoms with E-state index in [1.54, 1.807) is 0 Å². The second-order valence-corrected chi connectivity index (χ2v) is 8.96. The van der Waals surface area contributed by atoms with Crippen LogP contribution in [0, 0.1) is 5.92 Å². The molecule has 0 aromatic carbocycles. The zero-order valence-corrected chi connectivity index (χ0v) is 13.8. The van der Waals surface area contributed by atoms with Gasteiger partial charge in [-0.15, -0.1) is 0 Å².